The van der Waals surface area contributed by atoms with Crippen LogP contribution in [0.25, 0.3) is 0 Å². The number of benzene rings is 1. The molecule has 5 heteroatoms. The second kappa shape index (κ2) is 8.32. The third-order valence-electron chi connectivity index (χ3n) is 3.47. The lowest BCUT2D eigenvalue weighted by Crippen LogP contribution is -2.28. The lowest BCUT2D eigenvalue weighted by Gasteiger charge is -2.25. The summed E-state index contributed by atoms with van der Waals surface area (Å²) in [6.07, 6.45) is 3.88. The average molecular weight is 299 g/mol. The van der Waals surface area contributed by atoms with Gasteiger partial charge in [-0.15, -0.1) is 5.10 Å². The summed E-state index contributed by atoms with van der Waals surface area (Å²) in [6.45, 7) is 9.20. The molecule has 0 saturated carbocycles. The van der Waals surface area contributed by atoms with Crippen LogP contribution in [0.3, 0.4) is 0 Å². The Bertz CT molecular complexity index is 552. The molecule has 0 unspecified atom stereocenters. The third-order valence-corrected chi connectivity index (χ3v) is 3.47. The summed E-state index contributed by atoms with van der Waals surface area (Å²) >= 11 is 0. The molecule has 2 rings (SSSR count). The van der Waals surface area contributed by atoms with E-state index in [0.29, 0.717) is 0 Å². The molecule has 118 valence electrons. The van der Waals surface area contributed by atoms with Crippen molar-refractivity contribution in [2.45, 2.75) is 33.6 Å². The van der Waals surface area contributed by atoms with Crippen molar-refractivity contribution >= 4 is 17.5 Å². The SMILES string of the molecule is CCCN(CCC)c1nncc(N(CC)c2ccccc2)n1. The van der Waals surface area contributed by atoms with Gasteiger partial charge in [-0.3, -0.25) is 0 Å². The van der Waals surface area contributed by atoms with Crippen molar-refractivity contribution < 1.29 is 0 Å². The monoisotopic (exact) mass is 299 g/mol. The van der Waals surface area contributed by atoms with E-state index in [1.165, 1.54) is 0 Å². The fourth-order valence-corrected chi connectivity index (χ4v) is 2.49. The number of anilines is 3. The van der Waals surface area contributed by atoms with E-state index in [1.54, 1.807) is 6.20 Å². The maximum Gasteiger partial charge on any atom is 0.247 e. The van der Waals surface area contributed by atoms with Crippen LogP contribution in [0.5, 0.6) is 0 Å². The molecule has 0 atom stereocenters. The second-order valence-corrected chi connectivity index (χ2v) is 5.18. The lowest BCUT2D eigenvalue weighted by molar-refractivity contribution is 0.708. The summed E-state index contributed by atoms with van der Waals surface area (Å²) in [5, 5.41) is 8.39. The Labute approximate surface area is 133 Å². The average Bonchev–Trinajstić information content (AvgIpc) is 2.57. The van der Waals surface area contributed by atoms with Gasteiger partial charge in [-0.25, -0.2) is 0 Å². The van der Waals surface area contributed by atoms with Gasteiger partial charge in [0.2, 0.25) is 5.95 Å². The summed E-state index contributed by atoms with van der Waals surface area (Å²) in [4.78, 5) is 9.09. The molecular weight excluding hydrogens is 274 g/mol. The quantitative estimate of drug-likeness (QED) is 0.744. The smallest absolute Gasteiger partial charge is 0.247 e. The van der Waals surface area contributed by atoms with Crippen LogP contribution < -0.4 is 9.80 Å². The zero-order chi connectivity index (χ0) is 15.8. The second-order valence-electron chi connectivity index (χ2n) is 5.18. The lowest BCUT2D eigenvalue weighted by atomic mass is 10.3. The predicted molar refractivity (Wildman–Crippen MR) is 91.7 cm³/mol. The van der Waals surface area contributed by atoms with Crippen molar-refractivity contribution in [2.24, 2.45) is 0 Å². The summed E-state index contributed by atoms with van der Waals surface area (Å²) in [6, 6.07) is 10.3. The van der Waals surface area contributed by atoms with Crippen LogP contribution in [-0.4, -0.2) is 34.8 Å². The van der Waals surface area contributed by atoms with Crippen LogP contribution in [0.2, 0.25) is 0 Å². The minimum atomic E-state index is 0.718. The molecule has 0 saturated heterocycles. The van der Waals surface area contributed by atoms with E-state index in [1.807, 2.05) is 18.2 Å². The van der Waals surface area contributed by atoms with Crippen LogP contribution in [0.4, 0.5) is 17.5 Å². The molecule has 0 aliphatic rings. The van der Waals surface area contributed by atoms with Crippen LogP contribution in [0, 0.1) is 0 Å². The molecule has 2 aromatic rings. The Balaban J connectivity index is 2.29. The van der Waals surface area contributed by atoms with Crippen LogP contribution in [-0.2, 0) is 0 Å². The highest BCUT2D eigenvalue weighted by Crippen LogP contribution is 2.23. The highest BCUT2D eigenvalue weighted by Gasteiger charge is 2.13. The maximum absolute atomic E-state index is 4.74. The molecule has 22 heavy (non-hydrogen) atoms. The van der Waals surface area contributed by atoms with E-state index in [0.717, 1.165) is 49.9 Å². The van der Waals surface area contributed by atoms with Gasteiger partial charge in [-0.05, 0) is 31.9 Å². The maximum atomic E-state index is 4.74. The number of nitrogens with zero attached hydrogens (tertiary/aromatic N) is 5. The Morgan fingerprint density at radius 1 is 0.955 bits per heavy atom. The Morgan fingerprint density at radius 3 is 2.23 bits per heavy atom. The first-order valence-electron chi connectivity index (χ1n) is 8.07. The van der Waals surface area contributed by atoms with E-state index in [9.17, 15) is 0 Å². The highest BCUT2D eigenvalue weighted by atomic mass is 15.3. The molecular formula is C17H25N5. The number of rotatable bonds is 8. The van der Waals surface area contributed by atoms with Crippen LogP contribution in [0.1, 0.15) is 33.6 Å². The van der Waals surface area contributed by atoms with Crippen molar-refractivity contribution in [3.63, 3.8) is 0 Å². The molecule has 0 N–H and O–H groups in total. The van der Waals surface area contributed by atoms with Gasteiger partial charge in [0.15, 0.2) is 5.82 Å². The molecule has 0 fully saturated rings. The topological polar surface area (TPSA) is 45.2 Å². The molecule has 0 spiro atoms. The van der Waals surface area contributed by atoms with Gasteiger partial charge < -0.3 is 9.80 Å². The number of hydrogen-bond acceptors (Lipinski definition) is 5. The first-order valence-corrected chi connectivity index (χ1v) is 8.07. The van der Waals surface area contributed by atoms with E-state index < -0.39 is 0 Å². The minimum Gasteiger partial charge on any atom is -0.339 e. The van der Waals surface area contributed by atoms with Gasteiger partial charge in [0.1, 0.15) is 0 Å². The number of para-hydroxylation sites is 1. The summed E-state index contributed by atoms with van der Waals surface area (Å²) in [5.74, 6) is 1.56. The van der Waals surface area contributed by atoms with E-state index in [4.69, 9.17) is 4.98 Å². The first-order chi connectivity index (χ1) is 10.8. The van der Waals surface area contributed by atoms with E-state index >= 15 is 0 Å². The zero-order valence-corrected chi connectivity index (χ0v) is 13.7. The summed E-state index contributed by atoms with van der Waals surface area (Å²) < 4.78 is 0. The van der Waals surface area contributed by atoms with Crippen LogP contribution in [0.15, 0.2) is 36.5 Å². The highest BCUT2D eigenvalue weighted by molar-refractivity contribution is 5.59. The van der Waals surface area contributed by atoms with Gasteiger partial charge in [0, 0.05) is 25.3 Å². The summed E-state index contributed by atoms with van der Waals surface area (Å²) in [5.41, 5.74) is 1.12. The van der Waals surface area contributed by atoms with Gasteiger partial charge in [-0.2, -0.15) is 10.1 Å². The third kappa shape index (κ3) is 3.93. The number of aromatic nitrogens is 3. The predicted octanol–water partition coefficient (Wildman–Crippen LogP) is 3.66. The standard InChI is InChI=1S/C17H25N5/c1-4-12-21(13-5-2)17-19-16(14-18-20-17)22(6-3)15-10-8-7-9-11-15/h7-11,14H,4-6,12-13H2,1-3H3. The first kappa shape index (κ1) is 16.2. The molecule has 0 bridgehead atoms. The molecule has 0 amide bonds. The van der Waals surface area contributed by atoms with Crippen molar-refractivity contribution in [1.82, 2.24) is 15.2 Å². The fraction of sp³-hybridized carbons (Fsp3) is 0.471. The Hall–Kier alpha value is -2.17. The minimum absolute atomic E-state index is 0.718. The van der Waals surface area contributed by atoms with Crippen molar-refractivity contribution in [2.75, 3.05) is 29.4 Å². The number of hydrogen-bond donors (Lipinski definition) is 0. The molecule has 0 aliphatic heterocycles. The van der Waals surface area contributed by atoms with Gasteiger partial charge >= 0.3 is 0 Å². The van der Waals surface area contributed by atoms with Crippen molar-refractivity contribution in [3.8, 4) is 0 Å². The van der Waals surface area contributed by atoms with E-state index in [-0.39, 0.29) is 0 Å². The van der Waals surface area contributed by atoms with Gasteiger partial charge in [0.05, 0.1) is 6.20 Å². The summed E-state index contributed by atoms with van der Waals surface area (Å²) in [7, 11) is 0. The molecule has 0 radical (unpaired) electrons. The molecule has 5 nitrogen and oxygen atoms in total. The normalized spacial score (nSPS) is 10.5. The molecule has 1 heterocycles. The largest absolute Gasteiger partial charge is 0.339 e. The molecule has 1 aromatic heterocycles. The Kier molecular flexibility index (Phi) is 6.13. The molecule has 0 aliphatic carbocycles. The van der Waals surface area contributed by atoms with E-state index in [2.05, 4.69) is 52.9 Å². The Morgan fingerprint density at radius 2 is 1.64 bits per heavy atom. The zero-order valence-electron chi connectivity index (χ0n) is 13.7. The van der Waals surface area contributed by atoms with Gasteiger partial charge in [-0.1, -0.05) is 32.0 Å². The fourth-order valence-electron chi connectivity index (χ4n) is 2.49. The molecule has 1 aromatic carbocycles. The van der Waals surface area contributed by atoms with Crippen molar-refractivity contribution in [1.29, 1.82) is 0 Å². The van der Waals surface area contributed by atoms with Crippen LogP contribution >= 0.6 is 0 Å². The van der Waals surface area contributed by atoms with Crippen molar-refractivity contribution in [3.05, 3.63) is 36.5 Å². The van der Waals surface area contributed by atoms with Gasteiger partial charge in [0.25, 0.3) is 0 Å².